The maximum atomic E-state index is 5.88. The normalized spacial score (nSPS) is 36.5. The number of likely N-dealkylation sites (tertiary alicyclic amines) is 1. The second-order valence-electron chi connectivity index (χ2n) is 6.99. The number of ether oxygens (including phenoxy) is 1. The molecule has 1 aliphatic carbocycles. The summed E-state index contributed by atoms with van der Waals surface area (Å²) in [5.41, 5.74) is 0. The number of rotatable bonds is 5. The average molecular weight is 282 g/mol. The SMILES string of the molecule is CCOC1CCCN(C2CC(C(C)C)CCC2NC)C1. The Morgan fingerprint density at radius 2 is 2.05 bits per heavy atom. The maximum Gasteiger partial charge on any atom is 0.0702 e. The van der Waals surface area contributed by atoms with Gasteiger partial charge in [-0.25, -0.2) is 0 Å². The van der Waals surface area contributed by atoms with Crippen molar-refractivity contribution in [2.24, 2.45) is 11.8 Å². The van der Waals surface area contributed by atoms with E-state index in [4.69, 9.17) is 4.74 Å². The molecule has 1 heterocycles. The molecule has 20 heavy (non-hydrogen) atoms. The Morgan fingerprint density at radius 1 is 1.25 bits per heavy atom. The summed E-state index contributed by atoms with van der Waals surface area (Å²) in [7, 11) is 2.14. The van der Waals surface area contributed by atoms with E-state index in [1.54, 1.807) is 0 Å². The van der Waals surface area contributed by atoms with Crippen molar-refractivity contribution < 1.29 is 4.74 Å². The van der Waals surface area contributed by atoms with Crippen LogP contribution in [0, 0.1) is 11.8 Å². The molecule has 0 radical (unpaired) electrons. The van der Waals surface area contributed by atoms with Crippen molar-refractivity contribution in [1.82, 2.24) is 10.2 Å². The van der Waals surface area contributed by atoms with Gasteiger partial charge in [-0.3, -0.25) is 4.90 Å². The Balaban J connectivity index is 1.98. The molecule has 1 aliphatic heterocycles. The molecule has 0 spiro atoms. The zero-order valence-electron chi connectivity index (χ0n) is 13.9. The zero-order valence-corrected chi connectivity index (χ0v) is 13.9. The first kappa shape index (κ1) is 16.3. The number of piperidine rings is 1. The lowest BCUT2D eigenvalue weighted by Gasteiger charge is -2.46. The molecule has 2 fully saturated rings. The van der Waals surface area contributed by atoms with Crippen LogP contribution in [-0.4, -0.2) is 49.8 Å². The van der Waals surface area contributed by atoms with Crippen molar-refractivity contribution in [3.05, 3.63) is 0 Å². The summed E-state index contributed by atoms with van der Waals surface area (Å²) in [5, 5.41) is 3.58. The molecular formula is C17H34N2O. The van der Waals surface area contributed by atoms with Gasteiger partial charge in [0.05, 0.1) is 6.10 Å². The fourth-order valence-electron chi connectivity index (χ4n) is 4.16. The minimum absolute atomic E-state index is 0.464. The molecule has 1 saturated carbocycles. The first-order valence-electron chi connectivity index (χ1n) is 8.68. The molecule has 0 aromatic carbocycles. The summed E-state index contributed by atoms with van der Waals surface area (Å²) in [4.78, 5) is 2.72. The Bertz CT molecular complexity index is 280. The molecule has 0 aromatic rings. The van der Waals surface area contributed by atoms with E-state index in [0.717, 1.165) is 25.0 Å². The highest BCUT2D eigenvalue weighted by Gasteiger charge is 2.36. The Kier molecular flexibility index (Phi) is 6.31. The molecule has 2 aliphatic rings. The van der Waals surface area contributed by atoms with E-state index in [2.05, 4.69) is 38.0 Å². The van der Waals surface area contributed by atoms with E-state index in [1.807, 2.05) is 0 Å². The lowest BCUT2D eigenvalue weighted by molar-refractivity contribution is -0.0241. The third-order valence-electron chi connectivity index (χ3n) is 5.45. The number of likely N-dealkylation sites (N-methyl/N-ethyl adjacent to an activating group) is 1. The van der Waals surface area contributed by atoms with Gasteiger partial charge in [0.2, 0.25) is 0 Å². The number of nitrogens with zero attached hydrogens (tertiary/aromatic N) is 1. The Hall–Kier alpha value is -0.120. The molecule has 0 aromatic heterocycles. The van der Waals surface area contributed by atoms with Crippen LogP contribution >= 0.6 is 0 Å². The van der Waals surface area contributed by atoms with Crippen LogP contribution in [0.1, 0.15) is 52.9 Å². The highest BCUT2D eigenvalue weighted by atomic mass is 16.5. The topological polar surface area (TPSA) is 24.5 Å². The lowest BCUT2D eigenvalue weighted by Crippen LogP contribution is -2.56. The molecule has 3 nitrogen and oxygen atoms in total. The van der Waals surface area contributed by atoms with Crippen molar-refractivity contribution >= 4 is 0 Å². The van der Waals surface area contributed by atoms with Gasteiger partial charge < -0.3 is 10.1 Å². The van der Waals surface area contributed by atoms with Crippen molar-refractivity contribution in [2.45, 2.75) is 71.1 Å². The monoisotopic (exact) mass is 282 g/mol. The van der Waals surface area contributed by atoms with Crippen LogP contribution in [0.15, 0.2) is 0 Å². The predicted molar refractivity (Wildman–Crippen MR) is 85.0 cm³/mol. The van der Waals surface area contributed by atoms with Gasteiger partial charge in [0.1, 0.15) is 0 Å². The molecular weight excluding hydrogens is 248 g/mol. The lowest BCUT2D eigenvalue weighted by atomic mass is 9.76. The van der Waals surface area contributed by atoms with Gasteiger partial charge in [-0.2, -0.15) is 0 Å². The van der Waals surface area contributed by atoms with Gasteiger partial charge in [0.25, 0.3) is 0 Å². The fourth-order valence-corrected chi connectivity index (χ4v) is 4.16. The molecule has 2 rings (SSSR count). The van der Waals surface area contributed by atoms with Crippen molar-refractivity contribution in [3.8, 4) is 0 Å². The molecule has 3 heteroatoms. The summed E-state index contributed by atoms with van der Waals surface area (Å²) in [6.07, 6.45) is 7.09. The third-order valence-corrected chi connectivity index (χ3v) is 5.45. The van der Waals surface area contributed by atoms with E-state index in [9.17, 15) is 0 Å². The summed E-state index contributed by atoms with van der Waals surface area (Å²) in [6.45, 7) is 10.2. The minimum Gasteiger partial charge on any atom is -0.377 e. The molecule has 4 unspecified atom stereocenters. The summed E-state index contributed by atoms with van der Waals surface area (Å²) in [5.74, 6) is 1.72. The standard InChI is InChI=1S/C17H34N2O/c1-5-20-15-7-6-10-19(12-15)17-11-14(13(2)3)8-9-16(17)18-4/h13-18H,5-12H2,1-4H3. The first-order chi connectivity index (χ1) is 9.65. The van der Waals surface area contributed by atoms with Gasteiger partial charge in [0, 0.05) is 25.2 Å². The van der Waals surface area contributed by atoms with E-state index in [0.29, 0.717) is 18.2 Å². The number of nitrogens with one attached hydrogen (secondary N) is 1. The van der Waals surface area contributed by atoms with Gasteiger partial charge in [-0.15, -0.1) is 0 Å². The summed E-state index contributed by atoms with van der Waals surface area (Å²) in [6, 6.07) is 1.38. The summed E-state index contributed by atoms with van der Waals surface area (Å²) >= 11 is 0. The first-order valence-corrected chi connectivity index (χ1v) is 8.68. The molecule has 1 N–H and O–H groups in total. The Morgan fingerprint density at radius 3 is 2.70 bits per heavy atom. The van der Waals surface area contributed by atoms with Gasteiger partial charge in [-0.05, 0) is 64.5 Å². The second-order valence-corrected chi connectivity index (χ2v) is 6.99. The van der Waals surface area contributed by atoms with Crippen molar-refractivity contribution in [1.29, 1.82) is 0 Å². The van der Waals surface area contributed by atoms with Crippen LogP contribution in [0.2, 0.25) is 0 Å². The van der Waals surface area contributed by atoms with Crippen LogP contribution in [0.5, 0.6) is 0 Å². The molecule has 0 amide bonds. The van der Waals surface area contributed by atoms with E-state index in [1.165, 1.54) is 38.6 Å². The zero-order chi connectivity index (χ0) is 14.5. The van der Waals surface area contributed by atoms with Crippen LogP contribution in [0.4, 0.5) is 0 Å². The Labute approximate surface area is 125 Å². The summed E-state index contributed by atoms with van der Waals surface area (Å²) < 4.78 is 5.88. The molecule has 4 atom stereocenters. The fraction of sp³-hybridized carbons (Fsp3) is 1.00. The molecule has 0 bridgehead atoms. The van der Waals surface area contributed by atoms with E-state index < -0.39 is 0 Å². The smallest absolute Gasteiger partial charge is 0.0702 e. The highest BCUT2D eigenvalue weighted by Crippen LogP contribution is 2.34. The molecule has 1 saturated heterocycles. The van der Waals surface area contributed by atoms with E-state index in [-0.39, 0.29) is 0 Å². The van der Waals surface area contributed by atoms with E-state index >= 15 is 0 Å². The second kappa shape index (κ2) is 7.77. The third kappa shape index (κ3) is 3.96. The van der Waals surface area contributed by atoms with Crippen LogP contribution in [-0.2, 0) is 4.74 Å². The maximum absolute atomic E-state index is 5.88. The largest absolute Gasteiger partial charge is 0.377 e. The van der Waals surface area contributed by atoms with Crippen LogP contribution < -0.4 is 5.32 Å². The predicted octanol–water partition coefficient (Wildman–Crippen LogP) is 2.90. The van der Waals surface area contributed by atoms with Crippen molar-refractivity contribution in [3.63, 3.8) is 0 Å². The van der Waals surface area contributed by atoms with Crippen LogP contribution in [0.25, 0.3) is 0 Å². The average Bonchev–Trinajstić information content (AvgIpc) is 2.47. The van der Waals surface area contributed by atoms with Crippen LogP contribution in [0.3, 0.4) is 0 Å². The highest BCUT2D eigenvalue weighted by molar-refractivity contribution is 4.93. The number of hydrogen-bond donors (Lipinski definition) is 1. The van der Waals surface area contributed by atoms with Gasteiger partial charge in [-0.1, -0.05) is 13.8 Å². The van der Waals surface area contributed by atoms with Gasteiger partial charge >= 0.3 is 0 Å². The minimum atomic E-state index is 0.464. The number of hydrogen-bond acceptors (Lipinski definition) is 3. The van der Waals surface area contributed by atoms with Gasteiger partial charge in [0.15, 0.2) is 0 Å². The van der Waals surface area contributed by atoms with Crippen molar-refractivity contribution in [2.75, 3.05) is 26.7 Å². The molecule has 118 valence electrons. The quantitative estimate of drug-likeness (QED) is 0.839.